The zero-order valence-electron chi connectivity index (χ0n) is 20.7. The fourth-order valence-electron chi connectivity index (χ4n) is 4.51. The molecule has 1 aromatic carbocycles. The van der Waals surface area contributed by atoms with Crippen LogP contribution in [0.1, 0.15) is 42.8 Å². The van der Waals surface area contributed by atoms with Gasteiger partial charge in [0, 0.05) is 12.7 Å². The molecular weight excluding hydrogens is 444 g/mol. The van der Waals surface area contributed by atoms with Crippen LogP contribution in [0.2, 0.25) is 0 Å². The first kappa shape index (κ1) is 24.5. The Kier molecular flexibility index (Phi) is 7.21. The number of aromatic nitrogens is 2. The molecule has 1 N–H and O–H groups in total. The lowest BCUT2D eigenvalue weighted by molar-refractivity contribution is -0.139. The van der Waals surface area contributed by atoms with E-state index < -0.39 is 17.7 Å². The van der Waals surface area contributed by atoms with Gasteiger partial charge in [0.2, 0.25) is 0 Å². The molecule has 3 heterocycles. The van der Waals surface area contributed by atoms with Gasteiger partial charge in [-0.05, 0) is 70.2 Å². The van der Waals surface area contributed by atoms with Crippen LogP contribution in [0.3, 0.4) is 0 Å². The van der Waals surface area contributed by atoms with Gasteiger partial charge in [-0.3, -0.25) is 14.0 Å². The Hall–Kier alpha value is -3.65. The molecule has 3 aromatic rings. The first-order valence-electron chi connectivity index (χ1n) is 11.9. The van der Waals surface area contributed by atoms with E-state index in [9.17, 15) is 14.7 Å². The molecule has 1 amide bonds. The van der Waals surface area contributed by atoms with Gasteiger partial charge in [-0.1, -0.05) is 25.1 Å². The molecule has 0 spiro atoms. The third kappa shape index (κ3) is 4.79. The topological polar surface area (TPSA) is 87.4 Å². The number of carbonyl (C=O) groups excluding carboxylic acids is 2. The summed E-state index contributed by atoms with van der Waals surface area (Å²) in [5.74, 6) is -0.786. The van der Waals surface area contributed by atoms with Crippen molar-refractivity contribution in [3.8, 4) is 5.75 Å². The predicted molar refractivity (Wildman–Crippen MR) is 134 cm³/mol. The van der Waals surface area contributed by atoms with Crippen LogP contribution in [0.25, 0.3) is 11.4 Å². The number of hydrogen-bond acceptors (Lipinski definition) is 6. The third-order valence-corrected chi connectivity index (χ3v) is 6.14. The molecule has 184 valence electrons. The van der Waals surface area contributed by atoms with Crippen molar-refractivity contribution < 1.29 is 19.4 Å². The maximum atomic E-state index is 13.3. The second-order valence-electron chi connectivity index (χ2n) is 9.04. The number of benzene rings is 1. The van der Waals surface area contributed by atoms with Gasteiger partial charge in [0.25, 0.3) is 11.7 Å². The van der Waals surface area contributed by atoms with Crippen molar-refractivity contribution in [2.75, 3.05) is 33.8 Å². The second kappa shape index (κ2) is 10.3. The van der Waals surface area contributed by atoms with Crippen molar-refractivity contribution in [1.29, 1.82) is 0 Å². The minimum atomic E-state index is -0.703. The number of aliphatic hydroxyl groups excluding tert-OH is 1. The molecule has 0 saturated carbocycles. The number of amides is 1. The zero-order chi connectivity index (χ0) is 25.1. The van der Waals surface area contributed by atoms with Crippen LogP contribution in [0.4, 0.5) is 0 Å². The molecular formula is C27H32N4O4. The minimum Gasteiger partial charge on any atom is -0.505 e. The van der Waals surface area contributed by atoms with E-state index in [2.05, 4.69) is 4.98 Å². The molecule has 1 saturated heterocycles. The normalized spacial score (nSPS) is 17.6. The number of aliphatic hydroxyl groups is 1. The predicted octanol–water partition coefficient (Wildman–Crippen LogP) is 3.80. The van der Waals surface area contributed by atoms with E-state index in [4.69, 9.17) is 4.74 Å². The minimum absolute atomic E-state index is 0.0795. The van der Waals surface area contributed by atoms with Crippen molar-refractivity contribution in [1.82, 2.24) is 19.2 Å². The molecule has 2 aromatic heterocycles. The highest BCUT2D eigenvalue weighted by Crippen LogP contribution is 2.40. The van der Waals surface area contributed by atoms with Gasteiger partial charge in [0.05, 0.1) is 23.9 Å². The average molecular weight is 477 g/mol. The lowest BCUT2D eigenvalue weighted by Gasteiger charge is -2.26. The van der Waals surface area contributed by atoms with Crippen LogP contribution in [0, 0.1) is 6.92 Å². The van der Waals surface area contributed by atoms with Gasteiger partial charge in [-0.15, -0.1) is 0 Å². The van der Waals surface area contributed by atoms with Crippen LogP contribution < -0.4 is 4.74 Å². The number of aryl methyl sites for hydroxylation is 1. The van der Waals surface area contributed by atoms with E-state index in [0.29, 0.717) is 36.6 Å². The summed E-state index contributed by atoms with van der Waals surface area (Å²) in [5.41, 5.74) is 2.47. The number of fused-ring (bicyclic) bond motifs is 1. The smallest absolute Gasteiger partial charge is 0.295 e. The summed E-state index contributed by atoms with van der Waals surface area (Å²) in [6.07, 6.45) is 3.38. The summed E-state index contributed by atoms with van der Waals surface area (Å²) in [5, 5.41) is 11.5. The molecule has 1 fully saturated rings. The highest BCUT2D eigenvalue weighted by atomic mass is 16.5. The summed E-state index contributed by atoms with van der Waals surface area (Å²) in [4.78, 5) is 34.6. The molecule has 1 aliphatic heterocycles. The standard InChI is InChI=1S/C27H32N4O4/c1-5-17-35-20-12-10-19(11-13-20)24-22(26(33)27(34)31(24)16-8-14-29(3)4)25(32)23-18(2)28-21-9-6-7-15-30(21)23/h6-7,9-13,15,24,32H,5,8,14,16-17H2,1-4H3/b25-22+/t24-/m0/s1. The quantitative estimate of drug-likeness (QED) is 0.287. The molecule has 35 heavy (non-hydrogen) atoms. The van der Waals surface area contributed by atoms with E-state index in [-0.39, 0.29) is 11.3 Å². The second-order valence-corrected chi connectivity index (χ2v) is 9.04. The summed E-state index contributed by atoms with van der Waals surface area (Å²) in [7, 11) is 3.93. The van der Waals surface area contributed by atoms with Crippen molar-refractivity contribution in [2.24, 2.45) is 0 Å². The Morgan fingerprint density at radius 1 is 1.14 bits per heavy atom. The van der Waals surface area contributed by atoms with Crippen LogP contribution in [0.5, 0.6) is 5.75 Å². The number of ether oxygens (including phenoxy) is 1. The molecule has 0 bridgehead atoms. The number of carbonyl (C=O) groups is 2. The first-order valence-corrected chi connectivity index (χ1v) is 11.9. The number of Topliss-reactive ketones (excluding diaryl/α,β-unsaturated/α-hetero) is 1. The Bertz CT molecular complexity index is 1260. The van der Waals surface area contributed by atoms with Crippen LogP contribution in [-0.4, -0.2) is 69.8 Å². The van der Waals surface area contributed by atoms with E-state index in [0.717, 1.165) is 24.3 Å². The Balaban J connectivity index is 1.82. The number of pyridine rings is 1. The van der Waals surface area contributed by atoms with Crippen LogP contribution in [0.15, 0.2) is 54.2 Å². The zero-order valence-corrected chi connectivity index (χ0v) is 20.7. The molecule has 1 atom stereocenters. The van der Waals surface area contributed by atoms with Crippen LogP contribution >= 0.6 is 0 Å². The first-order chi connectivity index (χ1) is 16.8. The monoisotopic (exact) mass is 476 g/mol. The van der Waals surface area contributed by atoms with Gasteiger partial charge >= 0.3 is 0 Å². The van der Waals surface area contributed by atoms with Crippen molar-refractivity contribution in [2.45, 2.75) is 32.7 Å². The van der Waals surface area contributed by atoms with E-state index in [1.807, 2.05) is 68.4 Å². The van der Waals surface area contributed by atoms with E-state index >= 15 is 0 Å². The highest BCUT2D eigenvalue weighted by molar-refractivity contribution is 6.46. The summed E-state index contributed by atoms with van der Waals surface area (Å²) in [6.45, 7) is 5.59. The van der Waals surface area contributed by atoms with Crippen molar-refractivity contribution in [3.63, 3.8) is 0 Å². The molecule has 8 nitrogen and oxygen atoms in total. The fraction of sp³-hybridized carbons (Fsp3) is 0.370. The van der Waals surface area contributed by atoms with Crippen LogP contribution in [-0.2, 0) is 9.59 Å². The maximum absolute atomic E-state index is 13.3. The van der Waals surface area contributed by atoms with Gasteiger partial charge in [0.1, 0.15) is 17.1 Å². The SMILES string of the molecule is CCCOc1ccc([C@H]2/C(=C(\O)c3c(C)nc4ccccn34)C(=O)C(=O)N2CCCN(C)C)cc1. The summed E-state index contributed by atoms with van der Waals surface area (Å²) in [6, 6.07) is 12.2. The largest absolute Gasteiger partial charge is 0.505 e. The van der Waals surface area contributed by atoms with Gasteiger partial charge in [-0.2, -0.15) is 0 Å². The molecule has 0 radical (unpaired) electrons. The number of imidazole rings is 1. The molecule has 4 rings (SSSR count). The van der Waals surface area contributed by atoms with Crippen molar-refractivity contribution >= 4 is 23.1 Å². The summed E-state index contributed by atoms with van der Waals surface area (Å²) >= 11 is 0. The molecule has 0 unspecified atom stereocenters. The van der Waals surface area contributed by atoms with Gasteiger partial charge in [0.15, 0.2) is 5.76 Å². The Morgan fingerprint density at radius 2 is 1.89 bits per heavy atom. The molecule has 0 aliphatic carbocycles. The van der Waals surface area contributed by atoms with Gasteiger partial charge < -0.3 is 19.6 Å². The van der Waals surface area contributed by atoms with Crippen molar-refractivity contribution in [3.05, 3.63) is 71.2 Å². The maximum Gasteiger partial charge on any atom is 0.295 e. The summed E-state index contributed by atoms with van der Waals surface area (Å²) < 4.78 is 7.44. The van der Waals surface area contributed by atoms with E-state index in [1.165, 1.54) is 0 Å². The Morgan fingerprint density at radius 3 is 2.57 bits per heavy atom. The Labute approximate surface area is 205 Å². The lowest BCUT2D eigenvalue weighted by atomic mass is 9.96. The number of nitrogens with zero attached hydrogens (tertiary/aromatic N) is 4. The lowest BCUT2D eigenvalue weighted by Crippen LogP contribution is -2.32. The third-order valence-electron chi connectivity index (χ3n) is 6.14. The van der Waals surface area contributed by atoms with E-state index in [1.54, 1.807) is 22.4 Å². The molecule has 1 aliphatic rings. The fourth-order valence-corrected chi connectivity index (χ4v) is 4.51. The number of rotatable bonds is 9. The molecule has 8 heteroatoms. The average Bonchev–Trinajstić information content (AvgIpc) is 3.31. The number of ketones is 1. The highest BCUT2D eigenvalue weighted by Gasteiger charge is 2.46. The number of hydrogen-bond donors (Lipinski definition) is 1. The number of likely N-dealkylation sites (tertiary alicyclic amines) is 1. The van der Waals surface area contributed by atoms with Gasteiger partial charge in [-0.25, -0.2) is 4.98 Å².